The normalized spacial score (nSPS) is 12.2. The van der Waals surface area contributed by atoms with Crippen LogP contribution in [0.3, 0.4) is 0 Å². The van der Waals surface area contributed by atoms with E-state index < -0.39 is 0 Å². The highest BCUT2D eigenvalue weighted by atomic mass is 16.5. The molecule has 3 nitrogen and oxygen atoms in total. The molecule has 4 rings (SSSR count). The van der Waals surface area contributed by atoms with Gasteiger partial charge in [-0.05, 0) is 35.4 Å². The quantitative estimate of drug-likeness (QED) is 0.505. The number of ether oxygens (including phenoxy) is 1. The van der Waals surface area contributed by atoms with E-state index in [1.54, 1.807) is 6.20 Å². The molecule has 0 aliphatic carbocycles. The van der Waals surface area contributed by atoms with Crippen LogP contribution >= 0.6 is 0 Å². The summed E-state index contributed by atoms with van der Waals surface area (Å²) in [6.45, 7) is 2.79. The summed E-state index contributed by atoms with van der Waals surface area (Å²) in [5, 5.41) is 2.45. The second-order valence-corrected chi connectivity index (χ2v) is 6.25. The van der Waals surface area contributed by atoms with Crippen molar-refractivity contribution in [1.29, 1.82) is 0 Å². The number of hydrogen-bond acceptors (Lipinski definition) is 2. The summed E-state index contributed by atoms with van der Waals surface area (Å²) in [4.78, 5) is 4.16. The van der Waals surface area contributed by atoms with Gasteiger partial charge in [0, 0.05) is 18.0 Å². The zero-order valence-corrected chi connectivity index (χ0v) is 14.2. The van der Waals surface area contributed by atoms with Gasteiger partial charge in [0.05, 0.1) is 12.9 Å². The molecular weight excluding hydrogens is 308 g/mol. The molecule has 0 bridgehead atoms. The average Bonchev–Trinajstić information content (AvgIpc) is 3.14. The maximum Gasteiger partial charge on any atom is 0.142 e. The van der Waals surface area contributed by atoms with Gasteiger partial charge in [-0.15, -0.1) is 0 Å². The molecule has 0 saturated heterocycles. The molecule has 1 atom stereocenters. The van der Waals surface area contributed by atoms with Crippen molar-refractivity contribution >= 4 is 10.8 Å². The van der Waals surface area contributed by atoms with Crippen molar-refractivity contribution in [2.24, 2.45) is 0 Å². The molecule has 124 valence electrons. The van der Waals surface area contributed by atoms with Crippen LogP contribution in [0.1, 0.15) is 17.2 Å². The van der Waals surface area contributed by atoms with Crippen LogP contribution in [0, 0.1) is 6.92 Å². The minimum Gasteiger partial charge on any atom is -0.484 e. The molecule has 25 heavy (non-hydrogen) atoms. The Hall–Kier alpha value is -3.07. The Kier molecular flexibility index (Phi) is 4.21. The van der Waals surface area contributed by atoms with Gasteiger partial charge in [0.2, 0.25) is 0 Å². The highest BCUT2D eigenvalue weighted by Gasteiger charge is 2.17. The smallest absolute Gasteiger partial charge is 0.142 e. The minimum absolute atomic E-state index is 0.0953. The number of fused-ring (bicyclic) bond motifs is 1. The van der Waals surface area contributed by atoms with E-state index in [1.807, 2.05) is 24.7 Å². The monoisotopic (exact) mass is 328 g/mol. The fourth-order valence-corrected chi connectivity index (χ4v) is 3.17. The van der Waals surface area contributed by atoms with Crippen molar-refractivity contribution in [2.75, 3.05) is 0 Å². The molecule has 0 saturated carbocycles. The van der Waals surface area contributed by atoms with Crippen LogP contribution in [0.5, 0.6) is 5.75 Å². The van der Waals surface area contributed by atoms with Crippen molar-refractivity contribution in [3.63, 3.8) is 0 Å². The first-order valence-corrected chi connectivity index (χ1v) is 8.46. The summed E-state index contributed by atoms with van der Waals surface area (Å²) in [6.07, 6.45) is 5.50. The first-order valence-electron chi connectivity index (χ1n) is 8.46. The summed E-state index contributed by atoms with van der Waals surface area (Å²) in [7, 11) is 0. The van der Waals surface area contributed by atoms with Gasteiger partial charge in [-0.2, -0.15) is 0 Å². The highest BCUT2D eigenvalue weighted by molar-refractivity contribution is 5.86. The number of nitrogens with zero attached hydrogens (tertiary/aromatic N) is 2. The first kappa shape index (κ1) is 15.5. The number of imidazole rings is 1. The lowest BCUT2D eigenvalue weighted by molar-refractivity contribution is 0.185. The van der Waals surface area contributed by atoms with Crippen LogP contribution in [0.4, 0.5) is 0 Å². The van der Waals surface area contributed by atoms with Crippen molar-refractivity contribution in [1.82, 2.24) is 9.55 Å². The lowest BCUT2D eigenvalue weighted by Crippen LogP contribution is -2.15. The molecule has 0 N–H and O–H groups in total. The van der Waals surface area contributed by atoms with Gasteiger partial charge < -0.3 is 9.30 Å². The molecule has 1 aromatic heterocycles. The van der Waals surface area contributed by atoms with Crippen LogP contribution in [-0.2, 0) is 6.54 Å². The van der Waals surface area contributed by atoms with Crippen LogP contribution in [-0.4, -0.2) is 9.55 Å². The predicted molar refractivity (Wildman–Crippen MR) is 101 cm³/mol. The Labute approximate surface area is 147 Å². The van der Waals surface area contributed by atoms with Crippen molar-refractivity contribution in [2.45, 2.75) is 19.6 Å². The van der Waals surface area contributed by atoms with Crippen molar-refractivity contribution in [3.05, 3.63) is 96.6 Å². The highest BCUT2D eigenvalue weighted by Crippen LogP contribution is 2.30. The molecule has 1 heterocycles. The molecule has 0 aliphatic rings. The third-order valence-corrected chi connectivity index (χ3v) is 4.37. The van der Waals surface area contributed by atoms with E-state index in [-0.39, 0.29) is 6.10 Å². The Balaban J connectivity index is 1.76. The van der Waals surface area contributed by atoms with Gasteiger partial charge in [0.25, 0.3) is 0 Å². The zero-order valence-electron chi connectivity index (χ0n) is 14.2. The molecule has 3 aromatic carbocycles. The Morgan fingerprint density at radius 3 is 2.68 bits per heavy atom. The van der Waals surface area contributed by atoms with Crippen molar-refractivity contribution < 1.29 is 4.74 Å². The second kappa shape index (κ2) is 6.81. The van der Waals surface area contributed by atoms with E-state index in [0.29, 0.717) is 6.54 Å². The Morgan fingerprint density at radius 1 is 1.00 bits per heavy atom. The maximum absolute atomic E-state index is 6.41. The molecule has 0 amide bonds. The SMILES string of the molecule is Cc1cccc(OC(Cn2ccnc2)c2cccc3ccccc23)c1. The third kappa shape index (κ3) is 3.41. The summed E-state index contributed by atoms with van der Waals surface area (Å²) in [5.74, 6) is 0.887. The van der Waals surface area contributed by atoms with Crippen LogP contribution in [0.15, 0.2) is 85.5 Å². The summed E-state index contributed by atoms with van der Waals surface area (Å²) in [6, 6.07) is 23.0. The molecular formula is C22H20N2O. The van der Waals surface area contributed by atoms with Gasteiger partial charge in [0.15, 0.2) is 0 Å². The van der Waals surface area contributed by atoms with Crippen LogP contribution in [0.25, 0.3) is 10.8 Å². The lowest BCUT2D eigenvalue weighted by Gasteiger charge is -2.22. The number of benzene rings is 3. The molecule has 4 aromatic rings. The van der Waals surface area contributed by atoms with Crippen LogP contribution < -0.4 is 4.74 Å². The maximum atomic E-state index is 6.41. The van der Waals surface area contributed by atoms with Crippen molar-refractivity contribution in [3.8, 4) is 5.75 Å². The minimum atomic E-state index is -0.0953. The summed E-state index contributed by atoms with van der Waals surface area (Å²) >= 11 is 0. The largest absolute Gasteiger partial charge is 0.484 e. The van der Waals surface area contributed by atoms with Gasteiger partial charge in [-0.3, -0.25) is 0 Å². The average molecular weight is 328 g/mol. The van der Waals surface area contributed by atoms with E-state index in [2.05, 4.69) is 71.1 Å². The lowest BCUT2D eigenvalue weighted by atomic mass is 10.00. The molecule has 1 unspecified atom stereocenters. The van der Waals surface area contributed by atoms with E-state index in [1.165, 1.54) is 21.9 Å². The molecule has 0 spiro atoms. The number of hydrogen-bond donors (Lipinski definition) is 0. The molecule has 0 fully saturated rings. The van der Waals surface area contributed by atoms with Gasteiger partial charge in [-0.25, -0.2) is 4.98 Å². The first-order chi connectivity index (χ1) is 12.3. The second-order valence-electron chi connectivity index (χ2n) is 6.25. The third-order valence-electron chi connectivity index (χ3n) is 4.37. The number of rotatable bonds is 5. The molecule has 3 heteroatoms. The number of aromatic nitrogens is 2. The predicted octanol–water partition coefficient (Wildman–Crippen LogP) is 5.17. The van der Waals surface area contributed by atoms with Gasteiger partial charge in [-0.1, -0.05) is 54.6 Å². The van der Waals surface area contributed by atoms with E-state index >= 15 is 0 Å². The summed E-state index contributed by atoms with van der Waals surface area (Å²) in [5.41, 5.74) is 2.38. The Bertz CT molecular complexity index is 971. The van der Waals surface area contributed by atoms with E-state index in [4.69, 9.17) is 4.74 Å². The molecule has 0 aliphatic heterocycles. The Morgan fingerprint density at radius 2 is 1.84 bits per heavy atom. The molecule has 0 radical (unpaired) electrons. The van der Waals surface area contributed by atoms with E-state index in [9.17, 15) is 0 Å². The van der Waals surface area contributed by atoms with Crippen LogP contribution in [0.2, 0.25) is 0 Å². The standard InChI is InChI=1S/C22H20N2O/c1-17-6-4-9-19(14-17)25-22(15-24-13-12-23-16-24)21-11-5-8-18-7-2-3-10-20(18)21/h2-14,16,22H,15H2,1H3. The fraction of sp³-hybridized carbons (Fsp3) is 0.136. The number of aryl methyl sites for hydroxylation is 1. The van der Waals surface area contributed by atoms with Gasteiger partial charge in [0.1, 0.15) is 11.9 Å². The zero-order chi connectivity index (χ0) is 17.1. The van der Waals surface area contributed by atoms with Gasteiger partial charge >= 0.3 is 0 Å². The summed E-state index contributed by atoms with van der Waals surface area (Å²) < 4.78 is 8.47. The topological polar surface area (TPSA) is 27.1 Å². The van der Waals surface area contributed by atoms with E-state index in [0.717, 1.165) is 5.75 Å². The fourth-order valence-electron chi connectivity index (χ4n) is 3.17.